The molecule has 0 aromatic heterocycles. The topological polar surface area (TPSA) is 70.1 Å². The zero-order chi connectivity index (χ0) is 12.4. The van der Waals surface area contributed by atoms with Crippen LogP contribution in [-0.4, -0.2) is 19.0 Å². The zero-order valence-electron chi connectivity index (χ0n) is 9.19. The Morgan fingerprint density at radius 1 is 1.59 bits per heavy atom. The fraction of sp³-hybridized carbons (Fsp3) is 0.333. The first-order valence-electron chi connectivity index (χ1n) is 5.35. The van der Waals surface area contributed by atoms with E-state index in [0.717, 1.165) is 23.1 Å². The first kappa shape index (κ1) is 11.9. The average Bonchev–Trinajstić information content (AvgIpc) is 2.78. The van der Waals surface area contributed by atoms with E-state index in [1.807, 2.05) is 6.07 Å². The normalized spacial score (nSPS) is 19.1. The largest absolute Gasteiger partial charge is 0.370 e. The van der Waals surface area contributed by atoms with Crippen molar-refractivity contribution in [3.05, 3.63) is 28.2 Å². The number of anilines is 1. The van der Waals surface area contributed by atoms with Crippen LogP contribution < -0.4 is 10.6 Å². The van der Waals surface area contributed by atoms with E-state index in [1.54, 1.807) is 12.1 Å². The van der Waals surface area contributed by atoms with Gasteiger partial charge in [0.1, 0.15) is 0 Å². The van der Waals surface area contributed by atoms with E-state index in [1.165, 1.54) is 0 Å². The number of primary amides is 1. The first-order valence-corrected chi connectivity index (χ1v) is 6.15. The van der Waals surface area contributed by atoms with E-state index in [-0.39, 0.29) is 11.8 Å². The van der Waals surface area contributed by atoms with E-state index in [0.29, 0.717) is 12.1 Å². The molecule has 0 aliphatic carbocycles. The molecule has 1 atom stereocenters. The molecule has 1 saturated heterocycles. The summed E-state index contributed by atoms with van der Waals surface area (Å²) >= 11 is 3.45. The number of rotatable bonds is 2. The maximum absolute atomic E-state index is 11.1. The molecule has 1 aromatic carbocycles. The second-order valence-electron chi connectivity index (χ2n) is 4.11. The molecule has 88 valence electrons. The SMILES string of the molecule is N#Cc1ccc(N2CCC(C(N)=O)C2)c(Br)c1. The lowest BCUT2D eigenvalue weighted by Crippen LogP contribution is -2.27. The predicted octanol–water partition coefficient (Wildman–Crippen LogP) is 1.63. The van der Waals surface area contributed by atoms with Gasteiger partial charge in [0.25, 0.3) is 0 Å². The molecule has 1 unspecified atom stereocenters. The van der Waals surface area contributed by atoms with Crippen molar-refractivity contribution in [2.45, 2.75) is 6.42 Å². The van der Waals surface area contributed by atoms with Crippen LogP contribution in [0.3, 0.4) is 0 Å². The van der Waals surface area contributed by atoms with Crippen molar-refractivity contribution in [2.24, 2.45) is 11.7 Å². The molecule has 1 amide bonds. The van der Waals surface area contributed by atoms with Crippen molar-refractivity contribution < 1.29 is 4.79 Å². The second-order valence-corrected chi connectivity index (χ2v) is 4.97. The molecule has 1 fully saturated rings. The predicted molar refractivity (Wildman–Crippen MR) is 68.4 cm³/mol. The number of hydrogen-bond donors (Lipinski definition) is 1. The summed E-state index contributed by atoms with van der Waals surface area (Å²) in [7, 11) is 0. The van der Waals surface area contributed by atoms with Crippen LogP contribution in [0.5, 0.6) is 0 Å². The van der Waals surface area contributed by atoms with Gasteiger partial charge < -0.3 is 10.6 Å². The minimum Gasteiger partial charge on any atom is -0.370 e. The molecule has 1 aromatic rings. The Hall–Kier alpha value is -1.54. The quantitative estimate of drug-likeness (QED) is 0.901. The molecule has 1 heterocycles. The number of carbonyl (C=O) groups is 1. The van der Waals surface area contributed by atoms with Gasteiger partial charge in [0.05, 0.1) is 23.2 Å². The van der Waals surface area contributed by atoms with Gasteiger partial charge in [0, 0.05) is 17.6 Å². The Morgan fingerprint density at radius 3 is 2.88 bits per heavy atom. The van der Waals surface area contributed by atoms with Gasteiger partial charge in [-0.1, -0.05) is 0 Å². The first-order chi connectivity index (χ1) is 8.11. The highest BCUT2D eigenvalue weighted by Crippen LogP contribution is 2.31. The van der Waals surface area contributed by atoms with Crippen molar-refractivity contribution in [1.29, 1.82) is 5.26 Å². The smallest absolute Gasteiger partial charge is 0.222 e. The van der Waals surface area contributed by atoms with Gasteiger partial charge >= 0.3 is 0 Å². The van der Waals surface area contributed by atoms with E-state index in [9.17, 15) is 4.79 Å². The third-order valence-corrected chi connectivity index (χ3v) is 3.64. The highest BCUT2D eigenvalue weighted by atomic mass is 79.9. The standard InChI is InChI=1S/C12H12BrN3O/c13-10-5-8(6-14)1-2-11(10)16-4-3-9(7-16)12(15)17/h1-2,5,9H,3-4,7H2,(H2,15,17). The molecule has 0 radical (unpaired) electrons. The fourth-order valence-corrected chi connectivity index (χ4v) is 2.67. The van der Waals surface area contributed by atoms with Crippen LogP contribution in [0, 0.1) is 17.2 Å². The molecule has 1 aliphatic heterocycles. The fourth-order valence-electron chi connectivity index (χ4n) is 2.04. The molecule has 2 rings (SSSR count). The van der Waals surface area contributed by atoms with E-state index < -0.39 is 0 Å². The molecular formula is C12H12BrN3O. The van der Waals surface area contributed by atoms with Crippen LogP contribution in [0.25, 0.3) is 0 Å². The van der Waals surface area contributed by atoms with Gasteiger partial charge in [-0.2, -0.15) is 5.26 Å². The van der Waals surface area contributed by atoms with Crippen molar-refractivity contribution in [3.63, 3.8) is 0 Å². The summed E-state index contributed by atoms with van der Waals surface area (Å²) in [5.74, 6) is -0.310. The molecule has 0 spiro atoms. The Bertz CT molecular complexity index is 495. The molecular weight excluding hydrogens is 282 g/mol. The summed E-state index contributed by atoms with van der Waals surface area (Å²) in [6.07, 6.45) is 0.793. The summed E-state index contributed by atoms with van der Waals surface area (Å²) in [4.78, 5) is 13.2. The third kappa shape index (κ3) is 2.42. The van der Waals surface area contributed by atoms with E-state index >= 15 is 0 Å². The molecule has 17 heavy (non-hydrogen) atoms. The number of hydrogen-bond acceptors (Lipinski definition) is 3. The van der Waals surface area contributed by atoms with Gasteiger partial charge in [0.15, 0.2) is 0 Å². The number of benzene rings is 1. The van der Waals surface area contributed by atoms with Crippen LogP contribution in [0.2, 0.25) is 0 Å². The Kier molecular flexibility index (Phi) is 3.34. The number of nitriles is 1. The third-order valence-electron chi connectivity index (χ3n) is 3.01. The number of amides is 1. The maximum Gasteiger partial charge on any atom is 0.222 e. The van der Waals surface area contributed by atoms with Crippen molar-refractivity contribution in [3.8, 4) is 6.07 Å². The Labute approximate surface area is 108 Å². The van der Waals surface area contributed by atoms with E-state index in [2.05, 4.69) is 26.9 Å². The van der Waals surface area contributed by atoms with Crippen LogP contribution in [-0.2, 0) is 4.79 Å². The lowest BCUT2D eigenvalue weighted by atomic mass is 10.1. The van der Waals surface area contributed by atoms with Crippen molar-refractivity contribution in [1.82, 2.24) is 0 Å². The second kappa shape index (κ2) is 4.76. The highest BCUT2D eigenvalue weighted by molar-refractivity contribution is 9.10. The van der Waals surface area contributed by atoms with Gasteiger partial charge in [-0.15, -0.1) is 0 Å². The minimum absolute atomic E-state index is 0.0717. The molecule has 4 nitrogen and oxygen atoms in total. The number of nitrogens with zero attached hydrogens (tertiary/aromatic N) is 2. The van der Waals surface area contributed by atoms with E-state index in [4.69, 9.17) is 11.0 Å². The summed E-state index contributed by atoms with van der Waals surface area (Å²) in [6, 6.07) is 7.54. The van der Waals surface area contributed by atoms with Crippen LogP contribution >= 0.6 is 15.9 Å². The highest BCUT2D eigenvalue weighted by Gasteiger charge is 2.27. The number of halogens is 1. The van der Waals surface area contributed by atoms with Gasteiger partial charge in [-0.3, -0.25) is 4.79 Å². The summed E-state index contributed by atoms with van der Waals surface area (Å²) in [5, 5.41) is 8.79. The van der Waals surface area contributed by atoms with Crippen LogP contribution in [0.4, 0.5) is 5.69 Å². The average molecular weight is 294 g/mol. The lowest BCUT2D eigenvalue weighted by molar-refractivity contribution is -0.121. The lowest BCUT2D eigenvalue weighted by Gasteiger charge is -2.19. The molecule has 2 N–H and O–H groups in total. The molecule has 1 aliphatic rings. The summed E-state index contributed by atoms with van der Waals surface area (Å²) in [6.45, 7) is 1.47. The van der Waals surface area contributed by atoms with Crippen LogP contribution in [0.15, 0.2) is 22.7 Å². The number of carbonyl (C=O) groups excluding carboxylic acids is 1. The molecule has 0 saturated carbocycles. The van der Waals surface area contributed by atoms with Gasteiger partial charge in [0.2, 0.25) is 5.91 Å². The summed E-state index contributed by atoms with van der Waals surface area (Å²) < 4.78 is 0.877. The molecule has 0 bridgehead atoms. The zero-order valence-corrected chi connectivity index (χ0v) is 10.8. The van der Waals surface area contributed by atoms with Crippen molar-refractivity contribution >= 4 is 27.5 Å². The Morgan fingerprint density at radius 2 is 2.35 bits per heavy atom. The monoisotopic (exact) mass is 293 g/mol. The minimum atomic E-state index is -0.239. The van der Waals surface area contributed by atoms with Gasteiger partial charge in [-0.05, 0) is 40.5 Å². The maximum atomic E-state index is 11.1. The van der Waals surface area contributed by atoms with Crippen molar-refractivity contribution in [2.75, 3.05) is 18.0 Å². The summed E-state index contributed by atoms with van der Waals surface area (Å²) in [5.41, 5.74) is 6.93. The number of nitrogens with two attached hydrogens (primary N) is 1. The Balaban J connectivity index is 2.20. The molecule has 5 heteroatoms. The van der Waals surface area contributed by atoms with Gasteiger partial charge in [-0.25, -0.2) is 0 Å². The van der Waals surface area contributed by atoms with Crippen LogP contribution in [0.1, 0.15) is 12.0 Å².